The summed E-state index contributed by atoms with van der Waals surface area (Å²) >= 11 is 0. The summed E-state index contributed by atoms with van der Waals surface area (Å²) in [5.41, 5.74) is 0.297. The van der Waals surface area contributed by atoms with Crippen molar-refractivity contribution >= 4 is 5.97 Å². The number of rotatable bonds is 6. The van der Waals surface area contributed by atoms with Crippen LogP contribution in [0.3, 0.4) is 0 Å². The van der Waals surface area contributed by atoms with Crippen molar-refractivity contribution < 1.29 is 9.53 Å². The smallest absolute Gasteiger partial charge is 0.360 e. The number of esters is 1. The summed E-state index contributed by atoms with van der Waals surface area (Å²) in [4.78, 5) is 11.7. The van der Waals surface area contributed by atoms with Crippen molar-refractivity contribution in [2.75, 3.05) is 19.7 Å². The van der Waals surface area contributed by atoms with Crippen molar-refractivity contribution in [1.29, 1.82) is 0 Å². The molecule has 0 spiro atoms. The summed E-state index contributed by atoms with van der Waals surface area (Å²) in [6.07, 6.45) is 3.83. The minimum Gasteiger partial charge on any atom is -0.461 e. The summed E-state index contributed by atoms with van der Waals surface area (Å²) < 4.78 is 6.94. The third-order valence-corrected chi connectivity index (χ3v) is 3.13. The summed E-state index contributed by atoms with van der Waals surface area (Å²) in [5.74, 6) is 0.0151. The van der Waals surface area contributed by atoms with Gasteiger partial charge in [-0.1, -0.05) is 25.5 Å². The molecule has 1 unspecified atom stereocenters. The molecular weight excluding hydrogens is 232 g/mol. The van der Waals surface area contributed by atoms with Gasteiger partial charge >= 0.3 is 5.97 Å². The van der Waals surface area contributed by atoms with Gasteiger partial charge in [-0.3, -0.25) is 0 Å². The van der Waals surface area contributed by atoms with E-state index in [-0.39, 0.29) is 5.97 Å². The molecule has 1 fully saturated rings. The molecule has 2 rings (SSSR count). The normalized spacial score (nSPS) is 17.2. The van der Waals surface area contributed by atoms with Gasteiger partial charge in [0.1, 0.15) is 0 Å². The zero-order valence-electron chi connectivity index (χ0n) is 10.9. The largest absolute Gasteiger partial charge is 0.461 e. The Morgan fingerprint density at radius 2 is 2.44 bits per heavy atom. The van der Waals surface area contributed by atoms with Gasteiger partial charge in [0.05, 0.1) is 18.8 Å². The number of hydrogen-bond acceptors (Lipinski definition) is 5. The van der Waals surface area contributed by atoms with Crippen LogP contribution >= 0.6 is 0 Å². The Hall–Kier alpha value is -1.43. The van der Waals surface area contributed by atoms with Gasteiger partial charge in [-0.2, -0.15) is 0 Å². The molecule has 1 aromatic heterocycles. The van der Waals surface area contributed by atoms with Crippen LogP contribution in [0.1, 0.15) is 43.2 Å². The number of aromatic nitrogens is 3. The number of nitrogens with one attached hydrogen (secondary N) is 1. The molecule has 18 heavy (non-hydrogen) atoms. The SMILES string of the molecule is CCCC(C)COC(=O)c1cn(C2CNC2)nn1. The number of hydrogen-bond donors (Lipinski definition) is 1. The molecule has 0 bridgehead atoms. The fourth-order valence-electron chi connectivity index (χ4n) is 1.88. The Labute approximate surface area is 107 Å². The van der Waals surface area contributed by atoms with Gasteiger partial charge in [0.15, 0.2) is 5.69 Å². The molecule has 6 heteroatoms. The standard InChI is InChI=1S/C12H20N4O2/c1-3-4-9(2)8-18-12(17)11-7-16(15-14-11)10-5-13-6-10/h7,9-10,13H,3-6,8H2,1-2H3. The molecule has 0 amide bonds. The summed E-state index contributed by atoms with van der Waals surface area (Å²) in [6, 6.07) is 0.318. The lowest BCUT2D eigenvalue weighted by atomic mass is 10.1. The van der Waals surface area contributed by atoms with Crippen LogP contribution < -0.4 is 5.32 Å². The van der Waals surface area contributed by atoms with E-state index >= 15 is 0 Å². The molecule has 0 saturated carbocycles. The third kappa shape index (κ3) is 3.07. The molecular formula is C12H20N4O2. The van der Waals surface area contributed by atoms with Crippen LogP contribution in [0.25, 0.3) is 0 Å². The number of carbonyl (C=O) groups is 1. The molecule has 1 aliphatic rings. The van der Waals surface area contributed by atoms with Gasteiger partial charge in [-0.05, 0) is 12.3 Å². The van der Waals surface area contributed by atoms with Gasteiger partial charge in [0, 0.05) is 13.1 Å². The molecule has 0 aliphatic carbocycles. The second-order valence-electron chi connectivity index (χ2n) is 4.89. The highest BCUT2D eigenvalue weighted by atomic mass is 16.5. The van der Waals surface area contributed by atoms with Crippen molar-refractivity contribution in [3.8, 4) is 0 Å². The van der Waals surface area contributed by atoms with E-state index in [9.17, 15) is 4.79 Å². The van der Waals surface area contributed by atoms with Crippen molar-refractivity contribution in [2.45, 2.75) is 32.7 Å². The second-order valence-corrected chi connectivity index (χ2v) is 4.89. The van der Waals surface area contributed by atoms with Crippen molar-refractivity contribution in [2.24, 2.45) is 5.92 Å². The second kappa shape index (κ2) is 5.95. The van der Waals surface area contributed by atoms with Crippen molar-refractivity contribution in [3.63, 3.8) is 0 Å². The van der Waals surface area contributed by atoms with Crippen LogP contribution in [-0.4, -0.2) is 40.7 Å². The first-order chi connectivity index (χ1) is 8.70. The molecule has 100 valence electrons. The zero-order valence-corrected chi connectivity index (χ0v) is 10.9. The van der Waals surface area contributed by atoms with Gasteiger partial charge in [-0.25, -0.2) is 9.48 Å². The molecule has 0 aromatic carbocycles. The van der Waals surface area contributed by atoms with Crippen LogP contribution in [0, 0.1) is 5.92 Å². The Kier molecular flexibility index (Phi) is 4.30. The lowest BCUT2D eigenvalue weighted by Crippen LogP contribution is -2.43. The highest BCUT2D eigenvalue weighted by molar-refractivity contribution is 5.86. The van der Waals surface area contributed by atoms with E-state index in [1.165, 1.54) is 0 Å². The Bertz CT molecular complexity index is 401. The topological polar surface area (TPSA) is 69.0 Å². The molecule has 1 aliphatic heterocycles. The van der Waals surface area contributed by atoms with E-state index in [2.05, 4.69) is 29.5 Å². The van der Waals surface area contributed by atoms with Crippen LogP contribution in [0.4, 0.5) is 0 Å². The first-order valence-electron chi connectivity index (χ1n) is 6.50. The number of nitrogens with zero attached hydrogens (tertiary/aromatic N) is 3. The van der Waals surface area contributed by atoms with E-state index in [0.29, 0.717) is 24.3 Å². The van der Waals surface area contributed by atoms with Gasteiger partial charge in [-0.15, -0.1) is 5.10 Å². The van der Waals surface area contributed by atoms with Crippen LogP contribution in [-0.2, 0) is 4.74 Å². The molecule has 1 aromatic rings. The monoisotopic (exact) mass is 252 g/mol. The van der Waals surface area contributed by atoms with Gasteiger partial charge in [0.2, 0.25) is 0 Å². The Morgan fingerprint density at radius 3 is 3.06 bits per heavy atom. The fraction of sp³-hybridized carbons (Fsp3) is 0.750. The van der Waals surface area contributed by atoms with E-state index < -0.39 is 0 Å². The fourth-order valence-corrected chi connectivity index (χ4v) is 1.88. The summed E-state index contributed by atoms with van der Waals surface area (Å²) in [5, 5.41) is 10.9. The average molecular weight is 252 g/mol. The zero-order chi connectivity index (χ0) is 13.0. The first kappa shape index (κ1) is 13.0. The Morgan fingerprint density at radius 1 is 1.67 bits per heavy atom. The third-order valence-electron chi connectivity index (χ3n) is 3.13. The van der Waals surface area contributed by atoms with Crippen LogP contribution in [0.2, 0.25) is 0 Å². The molecule has 2 heterocycles. The lowest BCUT2D eigenvalue weighted by molar-refractivity contribution is 0.0436. The maximum atomic E-state index is 11.7. The van der Waals surface area contributed by atoms with Gasteiger partial charge < -0.3 is 10.1 Å². The van der Waals surface area contributed by atoms with E-state index in [0.717, 1.165) is 25.9 Å². The number of carbonyl (C=O) groups excluding carboxylic acids is 1. The highest BCUT2D eigenvalue weighted by Crippen LogP contribution is 2.11. The predicted molar refractivity (Wildman–Crippen MR) is 66.3 cm³/mol. The maximum Gasteiger partial charge on any atom is 0.360 e. The average Bonchev–Trinajstić information content (AvgIpc) is 2.73. The highest BCUT2D eigenvalue weighted by Gasteiger charge is 2.22. The van der Waals surface area contributed by atoms with E-state index in [1.54, 1.807) is 10.9 Å². The van der Waals surface area contributed by atoms with Crippen LogP contribution in [0.15, 0.2) is 6.20 Å². The van der Waals surface area contributed by atoms with E-state index in [1.807, 2.05) is 0 Å². The van der Waals surface area contributed by atoms with Crippen LogP contribution in [0.5, 0.6) is 0 Å². The molecule has 1 atom stereocenters. The molecule has 6 nitrogen and oxygen atoms in total. The minimum absolute atomic E-state index is 0.297. The van der Waals surface area contributed by atoms with E-state index in [4.69, 9.17) is 4.74 Å². The maximum absolute atomic E-state index is 11.7. The predicted octanol–water partition coefficient (Wildman–Crippen LogP) is 1.02. The molecule has 1 saturated heterocycles. The summed E-state index contributed by atoms with van der Waals surface area (Å²) in [6.45, 7) is 6.41. The molecule has 1 N–H and O–H groups in total. The lowest BCUT2D eigenvalue weighted by Gasteiger charge is -2.26. The summed E-state index contributed by atoms with van der Waals surface area (Å²) in [7, 11) is 0. The Balaban J connectivity index is 1.82. The molecule has 0 radical (unpaired) electrons. The van der Waals surface area contributed by atoms with Gasteiger partial charge in [0.25, 0.3) is 0 Å². The first-order valence-corrected chi connectivity index (χ1v) is 6.50. The quantitative estimate of drug-likeness (QED) is 0.765. The van der Waals surface area contributed by atoms with Crippen molar-refractivity contribution in [3.05, 3.63) is 11.9 Å². The minimum atomic E-state index is -0.378. The number of ether oxygens (including phenoxy) is 1. The van der Waals surface area contributed by atoms with Crippen molar-refractivity contribution in [1.82, 2.24) is 20.3 Å².